The van der Waals surface area contributed by atoms with E-state index in [0.717, 1.165) is 25.9 Å². The van der Waals surface area contributed by atoms with Crippen LogP contribution in [0.3, 0.4) is 0 Å². The molecule has 2 aromatic heterocycles. The Morgan fingerprint density at radius 1 is 1.05 bits per heavy atom. The first kappa shape index (κ1) is 25.8. The highest BCUT2D eigenvalue weighted by Crippen LogP contribution is 2.39. The van der Waals surface area contributed by atoms with Crippen LogP contribution < -0.4 is 4.90 Å². The number of halogens is 1. The third kappa shape index (κ3) is 5.26. The van der Waals surface area contributed by atoms with E-state index in [9.17, 15) is 9.18 Å². The molecule has 11 heteroatoms. The van der Waals surface area contributed by atoms with Crippen molar-refractivity contribution in [1.82, 2.24) is 24.8 Å². The number of rotatable bonds is 6. The van der Waals surface area contributed by atoms with Crippen LogP contribution in [0.2, 0.25) is 0 Å². The molecule has 1 saturated carbocycles. The third-order valence-electron chi connectivity index (χ3n) is 7.66. The summed E-state index contributed by atoms with van der Waals surface area (Å²) >= 11 is 0. The maximum atomic E-state index is 13.7. The second-order valence-electron chi connectivity index (χ2n) is 10.9. The quantitative estimate of drug-likeness (QED) is 0.470. The zero-order valence-electron chi connectivity index (χ0n) is 22.5. The number of piperazine rings is 1. The van der Waals surface area contributed by atoms with Crippen molar-refractivity contribution in [2.24, 2.45) is 5.41 Å². The highest BCUT2D eigenvalue weighted by molar-refractivity contribution is 5.83. The van der Waals surface area contributed by atoms with Gasteiger partial charge in [-0.05, 0) is 57.1 Å². The minimum Gasteiger partial charge on any atom is -0.435 e. The molecule has 1 amide bonds. The van der Waals surface area contributed by atoms with Crippen molar-refractivity contribution in [3.8, 4) is 22.7 Å². The number of carbonyl (C=O) groups excluding carboxylic acids is 1. The van der Waals surface area contributed by atoms with Crippen LogP contribution in [0, 0.1) is 11.2 Å². The van der Waals surface area contributed by atoms with Crippen LogP contribution >= 0.6 is 0 Å². The van der Waals surface area contributed by atoms with Crippen LogP contribution in [0.1, 0.15) is 31.9 Å². The van der Waals surface area contributed by atoms with Gasteiger partial charge in [-0.1, -0.05) is 0 Å². The summed E-state index contributed by atoms with van der Waals surface area (Å²) in [5.41, 5.74) is 0.911. The highest BCUT2D eigenvalue weighted by atomic mass is 19.1. The fourth-order valence-corrected chi connectivity index (χ4v) is 4.95. The Labute approximate surface area is 226 Å². The lowest BCUT2D eigenvalue weighted by molar-refractivity contribution is -0.239. The van der Waals surface area contributed by atoms with Gasteiger partial charge in [-0.25, -0.2) is 19.3 Å². The first-order valence-electron chi connectivity index (χ1n) is 13.3. The van der Waals surface area contributed by atoms with Gasteiger partial charge in [-0.3, -0.25) is 4.79 Å². The summed E-state index contributed by atoms with van der Waals surface area (Å²) in [6, 6.07) is 8.23. The van der Waals surface area contributed by atoms with E-state index >= 15 is 0 Å². The molecule has 10 nitrogen and oxygen atoms in total. The Morgan fingerprint density at radius 2 is 1.74 bits per heavy atom. The van der Waals surface area contributed by atoms with Gasteiger partial charge in [0.05, 0.1) is 24.3 Å². The number of nitrogens with zero attached hydrogens (tertiary/aromatic N) is 6. The number of hydrogen-bond donors (Lipinski definition) is 0. The van der Waals surface area contributed by atoms with E-state index in [4.69, 9.17) is 23.9 Å². The fraction of sp³-hybridized carbons (Fsp3) is 0.500. The van der Waals surface area contributed by atoms with E-state index in [0.29, 0.717) is 47.8 Å². The summed E-state index contributed by atoms with van der Waals surface area (Å²) in [5, 5.41) is 0. The smallest absolute Gasteiger partial charge is 0.253 e. The number of anilines is 1. The first-order valence-corrected chi connectivity index (χ1v) is 13.3. The van der Waals surface area contributed by atoms with Crippen molar-refractivity contribution in [2.45, 2.75) is 32.1 Å². The number of oxazole rings is 1. The molecule has 1 aromatic carbocycles. The van der Waals surface area contributed by atoms with Gasteiger partial charge in [0.25, 0.3) is 5.89 Å². The molecule has 0 unspecified atom stereocenters. The maximum Gasteiger partial charge on any atom is 0.253 e. The molecule has 4 heterocycles. The average Bonchev–Trinajstić information content (AvgIpc) is 3.72. The van der Waals surface area contributed by atoms with E-state index in [-0.39, 0.29) is 30.8 Å². The van der Waals surface area contributed by atoms with Crippen molar-refractivity contribution >= 4 is 11.9 Å². The normalized spacial score (nSPS) is 24.1. The molecule has 3 fully saturated rings. The molecule has 6 rings (SSSR count). The van der Waals surface area contributed by atoms with Crippen molar-refractivity contribution in [3.63, 3.8) is 0 Å². The summed E-state index contributed by atoms with van der Waals surface area (Å²) < 4.78 is 32.0. The van der Waals surface area contributed by atoms with E-state index in [1.807, 2.05) is 18.9 Å². The number of aromatic nitrogens is 3. The van der Waals surface area contributed by atoms with Crippen LogP contribution in [-0.2, 0) is 14.3 Å². The van der Waals surface area contributed by atoms with Gasteiger partial charge in [-0.15, -0.1) is 0 Å². The number of hydrogen-bond acceptors (Lipinski definition) is 9. The first-order chi connectivity index (χ1) is 18.8. The molecule has 0 radical (unpaired) electrons. The van der Waals surface area contributed by atoms with Gasteiger partial charge in [0.15, 0.2) is 5.76 Å². The lowest BCUT2D eigenvalue weighted by atomic mass is 9.90. The maximum absolute atomic E-state index is 13.7. The highest BCUT2D eigenvalue weighted by Gasteiger charge is 2.44. The lowest BCUT2D eigenvalue weighted by Gasteiger charge is -2.41. The summed E-state index contributed by atoms with van der Waals surface area (Å²) in [6.45, 7) is 5.29. The molecule has 1 aliphatic carbocycles. The summed E-state index contributed by atoms with van der Waals surface area (Å²) in [5.74, 6) is 0.931. The lowest BCUT2D eigenvalue weighted by Crippen LogP contribution is -2.55. The van der Waals surface area contributed by atoms with Crippen LogP contribution in [0.15, 0.2) is 40.9 Å². The van der Waals surface area contributed by atoms with E-state index in [1.54, 1.807) is 24.4 Å². The Kier molecular flexibility index (Phi) is 6.82. The van der Waals surface area contributed by atoms with Crippen LogP contribution in [0.25, 0.3) is 22.7 Å². The number of carbonyl (C=O) groups is 1. The number of ether oxygens (including phenoxy) is 2. The molecule has 39 heavy (non-hydrogen) atoms. The van der Waals surface area contributed by atoms with Gasteiger partial charge in [-0.2, -0.15) is 0 Å². The molecular weight excluding hydrogens is 503 g/mol. The van der Waals surface area contributed by atoms with E-state index in [2.05, 4.69) is 21.8 Å². The zero-order chi connectivity index (χ0) is 27.1. The predicted molar refractivity (Wildman–Crippen MR) is 141 cm³/mol. The molecule has 2 aliphatic heterocycles. The molecule has 0 N–H and O–H groups in total. The van der Waals surface area contributed by atoms with Crippen LogP contribution in [-0.4, -0.2) is 90.2 Å². The predicted octanol–water partition coefficient (Wildman–Crippen LogP) is 3.36. The molecule has 0 bridgehead atoms. The van der Waals surface area contributed by atoms with Gasteiger partial charge in [0.2, 0.25) is 18.1 Å². The summed E-state index contributed by atoms with van der Waals surface area (Å²) in [4.78, 5) is 33.4. The Morgan fingerprint density at radius 3 is 2.41 bits per heavy atom. The zero-order valence-corrected chi connectivity index (χ0v) is 22.5. The van der Waals surface area contributed by atoms with Gasteiger partial charge >= 0.3 is 0 Å². The Bertz CT molecular complexity index is 1330. The third-order valence-corrected chi connectivity index (χ3v) is 7.66. The van der Waals surface area contributed by atoms with Crippen molar-refractivity contribution in [2.75, 3.05) is 58.4 Å². The molecule has 3 aliphatic rings. The second kappa shape index (κ2) is 10.3. The number of benzene rings is 1. The summed E-state index contributed by atoms with van der Waals surface area (Å²) in [6.07, 6.45) is 3.04. The second-order valence-corrected chi connectivity index (χ2v) is 10.9. The van der Waals surface area contributed by atoms with Crippen molar-refractivity contribution in [1.29, 1.82) is 0 Å². The monoisotopic (exact) mass is 536 g/mol. The molecule has 206 valence electrons. The van der Waals surface area contributed by atoms with E-state index < -0.39 is 11.7 Å². The minimum atomic E-state index is -0.887. The molecule has 3 aromatic rings. The molecule has 0 atom stereocenters. The number of amides is 1. The van der Waals surface area contributed by atoms with Gasteiger partial charge in [0, 0.05) is 51.0 Å². The van der Waals surface area contributed by atoms with Crippen LogP contribution in [0.5, 0.6) is 0 Å². The van der Waals surface area contributed by atoms with Gasteiger partial charge < -0.3 is 28.6 Å². The minimum absolute atomic E-state index is 0.0300. The standard InChI is InChI=1S/C28H33FN6O4/c1-28(26(36)35-14-12-33(2)13-15-35)16-37-25(38-17-28)24-32-22(23(39-24)18-4-6-19(29)7-5-18)21-10-11-30-27(31-21)34(3)20-8-9-20/h4-7,10-11,20,25H,8-9,12-17H2,1-3H3. The number of likely N-dealkylation sites (N-methyl/N-ethyl adjacent to an activating group) is 1. The summed E-state index contributed by atoms with van der Waals surface area (Å²) in [7, 11) is 4.04. The molecule has 2 saturated heterocycles. The Balaban J connectivity index is 1.26. The molecule has 0 spiro atoms. The topological polar surface area (TPSA) is 97.1 Å². The fourth-order valence-electron chi connectivity index (χ4n) is 4.95. The molecular formula is C28H33FN6O4. The van der Waals surface area contributed by atoms with Crippen LogP contribution in [0.4, 0.5) is 10.3 Å². The Hall–Kier alpha value is -3.41. The average molecular weight is 537 g/mol. The largest absolute Gasteiger partial charge is 0.435 e. The SMILES string of the molecule is CN1CCN(C(=O)C2(C)COC(c3nc(-c4ccnc(N(C)C5CC5)n4)c(-c4ccc(F)cc4)o3)OC2)CC1. The van der Waals surface area contributed by atoms with Gasteiger partial charge in [0.1, 0.15) is 11.5 Å². The van der Waals surface area contributed by atoms with E-state index in [1.165, 1.54) is 12.1 Å². The van der Waals surface area contributed by atoms with Crippen molar-refractivity contribution in [3.05, 3.63) is 48.2 Å². The van der Waals surface area contributed by atoms with Crippen molar-refractivity contribution < 1.29 is 23.1 Å².